The van der Waals surface area contributed by atoms with Crippen molar-refractivity contribution in [3.05, 3.63) is 45.8 Å². The van der Waals surface area contributed by atoms with Gasteiger partial charge in [-0.1, -0.05) is 19.1 Å². The van der Waals surface area contributed by atoms with Crippen molar-refractivity contribution in [2.45, 2.75) is 20.3 Å². The molecule has 1 aromatic heterocycles. The van der Waals surface area contributed by atoms with E-state index in [-0.39, 0.29) is 5.63 Å². The van der Waals surface area contributed by atoms with E-state index in [0.717, 1.165) is 28.5 Å². The standard InChI is InChI=1S/C12H12O2/c1-3-9-5-4-8(2)10-6-7-11(13)14-12(9)10/h4-7H,3H2,1-2H3. The van der Waals surface area contributed by atoms with Gasteiger partial charge in [0.1, 0.15) is 5.58 Å². The van der Waals surface area contributed by atoms with E-state index in [0.29, 0.717) is 0 Å². The highest BCUT2D eigenvalue weighted by atomic mass is 16.4. The van der Waals surface area contributed by atoms with Gasteiger partial charge in [0.05, 0.1) is 0 Å². The Bertz CT molecular complexity index is 523. The van der Waals surface area contributed by atoms with Gasteiger partial charge in [-0.25, -0.2) is 4.79 Å². The Morgan fingerprint density at radius 1 is 1.21 bits per heavy atom. The van der Waals surface area contributed by atoms with Gasteiger partial charge in [-0.05, 0) is 30.5 Å². The van der Waals surface area contributed by atoms with Gasteiger partial charge in [0.2, 0.25) is 0 Å². The number of benzene rings is 1. The highest BCUT2D eigenvalue weighted by molar-refractivity contribution is 5.82. The molecule has 2 heteroatoms. The second-order valence-corrected chi connectivity index (χ2v) is 3.39. The van der Waals surface area contributed by atoms with Crippen LogP contribution in [0.15, 0.2) is 33.5 Å². The Balaban J connectivity index is 2.92. The third kappa shape index (κ3) is 1.33. The van der Waals surface area contributed by atoms with Crippen molar-refractivity contribution in [3.8, 4) is 0 Å². The third-order valence-electron chi connectivity index (χ3n) is 2.47. The zero-order chi connectivity index (χ0) is 10.1. The summed E-state index contributed by atoms with van der Waals surface area (Å²) in [4.78, 5) is 11.1. The summed E-state index contributed by atoms with van der Waals surface area (Å²) in [5.41, 5.74) is 2.68. The van der Waals surface area contributed by atoms with Crippen molar-refractivity contribution in [1.29, 1.82) is 0 Å². The van der Waals surface area contributed by atoms with E-state index < -0.39 is 0 Å². The van der Waals surface area contributed by atoms with E-state index >= 15 is 0 Å². The Labute approximate surface area is 82.2 Å². The van der Waals surface area contributed by atoms with Gasteiger partial charge < -0.3 is 4.42 Å². The average molecular weight is 188 g/mol. The maximum absolute atomic E-state index is 11.1. The molecule has 0 fully saturated rings. The summed E-state index contributed by atoms with van der Waals surface area (Å²) < 4.78 is 5.21. The summed E-state index contributed by atoms with van der Waals surface area (Å²) in [7, 11) is 0. The summed E-state index contributed by atoms with van der Waals surface area (Å²) in [6, 6.07) is 7.37. The SMILES string of the molecule is CCc1ccc(C)c2ccc(=O)oc12. The van der Waals surface area contributed by atoms with Crippen LogP contribution in [-0.4, -0.2) is 0 Å². The fourth-order valence-corrected chi connectivity index (χ4v) is 1.64. The number of hydrogen-bond acceptors (Lipinski definition) is 2. The van der Waals surface area contributed by atoms with E-state index in [1.54, 1.807) is 0 Å². The molecule has 0 saturated heterocycles. The van der Waals surface area contributed by atoms with E-state index in [1.165, 1.54) is 6.07 Å². The first kappa shape index (κ1) is 9.00. The van der Waals surface area contributed by atoms with Crippen molar-refractivity contribution >= 4 is 11.0 Å². The zero-order valence-electron chi connectivity index (χ0n) is 8.33. The van der Waals surface area contributed by atoms with E-state index in [9.17, 15) is 4.79 Å². The Kier molecular flexibility index (Phi) is 2.12. The summed E-state index contributed by atoms with van der Waals surface area (Å²) in [5.74, 6) is 0. The van der Waals surface area contributed by atoms with Crippen LogP contribution in [0.5, 0.6) is 0 Å². The summed E-state index contributed by atoms with van der Waals surface area (Å²) in [5, 5.41) is 1.03. The minimum absolute atomic E-state index is 0.280. The van der Waals surface area contributed by atoms with Crippen molar-refractivity contribution < 1.29 is 4.42 Å². The molecule has 0 bridgehead atoms. The van der Waals surface area contributed by atoms with Crippen LogP contribution in [0.3, 0.4) is 0 Å². The zero-order valence-corrected chi connectivity index (χ0v) is 8.33. The van der Waals surface area contributed by atoms with Crippen molar-refractivity contribution in [2.75, 3.05) is 0 Å². The molecule has 0 saturated carbocycles. The second kappa shape index (κ2) is 3.29. The highest BCUT2D eigenvalue weighted by Crippen LogP contribution is 2.21. The predicted molar refractivity (Wildman–Crippen MR) is 56.6 cm³/mol. The molecule has 0 unspecified atom stereocenters. The fourth-order valence-electron chi connectivity index (χ4n) is 1.64. The largest absolute Gasteiger partial charge is 0.422 e. The lowest BCUT2D eigenvalue weighted by molar-refractivity contribution is 0.557. The Hall–Kier alpha value is -1.57. The molecule has 0 spiro atoms. The molecule has 0 N–H and O–H groups in total. The van der Waals surface area contributed by atoms with Crippen LogP contribution in [-0.2, 0) is 6.42 Å². The van der Waals surface area contributed by atoms with Crippen LogP contribution in [0.1, 0.15) is 18.1 Å². The third-order valence-corrected chi connectivity index (χ3v) is 2.47. The predicted octanol–water partition coefficient (Wildman–Crippen LogP) is 2.66. The van der Waals surface area contributed by atoms with Gasteiger partial charge in [-0.3, -0.25) is 0 Å². The van der Waals surface area contributed by atoms with Crippen LogP contribution < -0.4 is 5.63 Å². The van der Waals surface area contributed by atoms with E-state index in [1.807, 2.05) is 19.1 Å². The molecule has 72 valence electrons. The minimum Gasteiger partial charge on any atom is -0.422 e. The van der Waals surface area contributed by atoms with Crippen molar-refractivity contribution in [3.63, 3.8) is 0 Å². The molecular weight excluding hydrogens is 176 g/mol. The minimum atomic E-state index is -0.280. The first-order valence-electron chi connectivity index (χ1n) is 4.74. The van der Waals surface area contributed by atoms with Gasteiger partial charge in [0, 0.05) is 11.5 Å². The van der Waals surface area contributed by atoms with Crippen molar-refractivity contribution in [2.24, 2.45) is 0 Å². The van der Waals surface area contributed by atoms with E-state index in [4.69, 9.17) is 4.42 Å². The summed E-state index contributed by atoms with van der Waals surface area (Å²) in [6.07, 6.45) is 0.879. The van der Waals surface area contributed by atoms with Gasteiger partial charge in [-0.2, -0.15) is 0 Å². The van der Waals surface area contributed by atoms with Gasteiger partial charge in [-0.15, -0.1) is 0 Å². The molecule has 1 heterocycles. The summed E-state index contributed by atoms with van der Waals surface area (Å²) in [6.45, 7) is 4.07. The maximum Gasteiger partial charge on any atom is 0.336 e. The molecule has 2 nitrogen and oxygen atoms in total. The van der Waals surface area contributed by atoms with Crippen molar-refractivity contribution in [1.82, 2.24) is 0 Å². The Morgan fingerprint density at radius 3 is 2.71 bits per heavy atom. The highest BCUT2D eigenvalue weighted by Gasteiger charge is 2.04. The number of fused-ring (bicyclic) bond motifs is 1. The molecule has 1 aromatic carbocycles. The van der Waals surface area contributed by atoms with Crippen LogP contribution in [0.4, 0.5) is 0 Å². The van der Waals surface area contributed by atoms with Gasteiger partial charge in [0.25, 0.3) is 0 Å². The lowest BCUT2D eigenvalue weighted by Crippen LogP contribution is -1.97. The molecular formula is C12H12O2. The van der Waals surface area contributed by atoms with E-state index in [2.05, 4.69) is 13.0 Å². The second-order valence-electron chi connectivity index (χ2n) is 3.39. The van der Waals surface area contributed by atoms with Crippen LogP contribution in [0.2, 0.25) is 0 Å². The van der Waals surface area contributed by atoms with Crippen LogP contribution in [0.25, 0.3) is 11.0 Å². The number of hydrogen-bond donors (Lipinski definition) is 0. The monoisotopic (exact) mass is 188 g/mol. The quantitative estimate of drug-likeness (QED) is 0.644. The lowest BCUT2D eigenvalue weighted by Gasteiger charge is -2.04. The molecule has 0 amide bonds. The van der Waals surface area contributed by atoms with Gasteiger partial charge >= 0.3 is 5.63 Å². The fraction of sp³-hybridized carbons (Fsp3) is 0.250. The maximum atomic E-state index is 11.1. The molecule has 0 atom stereocenters. The molecule has 0 aliphatic rings. The van der Waals surface area contributed by atoms with Crippen LogP contribution in [0, 0.1) is 6.92 Å². The molecule has 2 rings (SSSR count). The topological polar surface area (TPSA) is 30.2 Å². The normalized spacial score (nSPS) is 10.7. The lowest BCUT2D eigenvalue weighted by atomic mass is 10.0. The molecule has 0 aliphatic heterocycles. The van der Waals surface area contributed by atoms with Crippen LogP contribution >= 0.6 is 0 Å². The Morgan fingerprint density at radius 2 is 2.00 bits per heavy atom. The van der Waals surface area contributed by atoms with Gasteiger partial charge in [0.15, 0.2) is 0 Å². The smallest absolute Gasteiger partial charge is 0.336 e. The first-order valence-corrected chi connectivity index (χ1v) is 4.74. The average Bonchev–Trinajstić information content (AvgIpc) is 2.18. The molecule has 2 aromatic rings. The molecule has 14 heavy (non-hydrogen) atoms. The number of rotatable bonds is 1. The molecule has 0 radical (unpaired) electrons. The first-order chi connectivity index (χ1) is 6.72. The summed E-state index contributed by atoms with van der Waals surface area (Å²) >= 11 is 0. The number of aryl methyl sites for hydroxylation is 2. The molecule has 0 aliphatic carbocycles.